The minimum atomic E-state index is -1.50. The Balaban J connectivity index is 5.57. The Labute approximate surface area is 214 Å². The van der Waals surface area contributed by atoms with Gasteiger partial charge in [0.05, 0.1) is 12.5 Å². The topological polar surface area (TPSA) is 295 Å². The molecule has 0 aliphatic heterocycles. The van der Waals surface area contributed by atoms with Gasteiger partial charge in [-0.15, -0.1) is 0 Å². The molecule has 0 aliphatic rings. The van der Waals surface area contributed by atoms with Crippen LogP contribution in [0, 0.1) is 5.92 Å². The number of aliphatic carboxylic acids is 2. The molecular weight excluding hydrogens is 492 g/mol. The predicted molar refractivity (Wildman–Crippen MR) is 131 cm³/mol. The quantitative estimate of drug-likeness (QED) is 0.0480. The summed E-state index contributed by atoms with van der Waals surface area (Å²) in [6, 6.07) is -5.37. The molecule has 0 bridgehead atoms. The van der Waals surface area contributed by atoms with Crippen molar-refractivity contribution in [2.24, 2.45) is 33.8 Å². The van der Waals surface area contributed by atoms with Crippen LogP contribution in [-0.2, 0) is 28.8 Å². The number of nitrogens with two attached hydrogens (primary N) is 4. The van der Waals surface area contributed by atoms with E-state index in [-0.39, 0.29) is 31.3 Å². The Bertz CT molecular complexity index is 859. The van der Waals surface area contributed by atoms with Gasteiger partial charge in [0.25, 0.3) is 0 Å². The number of guanidine groups is 1. The highest BCUT2D eigenvalue weighted by molar-refractivity contribution is 5.96. The molecule has 0 heterocycles. The fourth-order valence-corrected chi connectivity index (χ4v) is 3.15. The van der Waals surface area contributed by atoms with Gasteiger partial charge in [0.1, 0.15) is 18.1 Å². The van der Waals surface area contributed by atoms with Crippen LogP contribution in [0.15, 0.2) is 4.99 Å². The number of carboxylic acid groups (broad SMARTS) is 2. The number of aliphatic imine (C=N–C) groups is 1. The Morgan fingerprint density at radius 2 is 1.35 bits per heavy atom. The summed E-state index contributed by atoms with van der Waals surface area (Å²) in [5.41, 5.74) is 21.4. The number of hydrogen-bond acceptors (Lipinski definition) is 8. The minimum absolute atomic E-state index is 0.0639. The SMILES string of the molecule is CC(C)CC(N)C(=O)NC(CC(N)=O)C(=O)NC(CCC(=O)O)C(=O)NC(CCCN=C(N)N)C(=O)O. The monoisotopic (exact) mass is 530 g/mol. The van der Waals surface area contributed by atoms with E-state index in [1.54, 1.807) is 0 Å². The molecule has 0 saturated heterocycles. The molecule has 0 spiro atoms. The third kappa shape index (κ3) is 14.9. The van der Waals surface area contributed by atoms with Gasteiger partial charge in [-0.05, 0) is 31.6 Å². The van der Waals surface area contributed by atoms with Crippen molar-refractivity contribution < 1.29 is 39.0 Å². The zero-order valence-corrected chi connectivity index (χ0v) is 20.9. The van der Waals surface area contributed by atoms with Gasteiger partial charge in [-0.3, -0.25) is 29.0 Å². The lowest BCUT2D eigenvalue weighted by Gasteiger charge is -2.25. The third-order valence-corrected chi connectivity index (χ3v) is 4.94. The Morgan fingerprint density at radius 3 is 1.84 bits per heavy atom. The van der Waals surface area contributed by atoms with E-state index in [4.69, 9.17) is 28.0 Å². The maximum atomic E-state index is 12.9. The first-order valence-corrected chi connectivity index (χ1v) is 11.6. The summed E-state index contributed by atoms with van der Waals surface area (Å²) < 4.78 is 0. The number of carbonyl (C=O) groups is 6. The van der Waals surface area contributed by atoms with Crippen molar-refractivity contribution in [3.63, 3.8) is 0 Å². The molecule has 16 heteroatoms. The molecular formula is C21H38N8O8. The molecule has 0 rings (SSSR count). The van der Waals surface area contributed by atoms with Crippen molar-refractivity contribution >= 4 is 41.5 Å². The Morgan fingerprint density at radius 1 is 0.811 bits per heavy atom. The maximum absolute atomic E-state index is 12.9. The minimum Gasteiger partial charge on any atom is -0.481 e. The summed E-state index contributed by atoms with van der Waals surface area (Å²) in [5, 5.41) is 25.2. The van der Waals surface area contributed by atoms with Gasteiger partial charge >= 0.3 is 11.9 Å². The molecule has 0 aliphatic carbocycles. The molecule has 13 N–H and O–H groups in total. The van der Waals surface area contributed by atoms with E-state index in [1.807, 2.05) is 13.8 Å². The normalized spacial score (nSPS) is 13.9. The molecule has 37 heavy (non-hydrogen) atoms. The first kappa shape index (κ1) is 33.0. The van der Waals surface area contributed by atoms with Crippen LogP contribution in [0.25, 0.3) is 0 Å². The molecule has 16 nitrogen and oxygen atoms in total. The Kier molecular flexibility index (Phi) is 14.9. The summed E-state index contributed by atoms with van der Waals surface area (Å²) in [5.74, 6) is -6.42. The van der Waals surface area contributed by atoms with E-state index >= 15 is 0 Å². The summed E-state index contributed by atoms with van der Waals surface area (Å²) in [6.07, 6.45) is -1.15. The average molecular weight is 531 g/mol. The number of rotatable bonds is 18. The van der Waals surface area contributed by atoms with Crippen LogP contribution < -0.4 is 38.9 Å². The second-order valence-corrected chi connectivity index (χ2v) is 8.81. The lowest BCUT2D eigenvalue weighted by Crippen LogP contribution is -2.57. The second kappa shape index (κ2) is 16.7. The molecule has 4 atom stereocenters. The van der Waals surface area contributed by atoms with Crippen molar-refractivity contribution in [3.05, 3.63) is 0 Å². The highest BCUT2D eigenvalue weighted by Crippen LogP contribution is 2.06. The number of carboxylic acids is 2. The molecule has 0 aromatic heterocycles. The van der Waals surface area contributed by atoms with E-state index in [0.717, 1.165) is 0 Å². The van der Waals surface area contributed by atoms with Crippen molar-refractivity contribution in [1.29, 1.82) is 0 Å². The smallest absolute Gasteiger partial charge is 0.326 e. The van der Waals surface area contributed by atoms with E-state index < -0.39 is 79.0 Å². The number of nitrogens with one attached hydrogen (secondary N) is 3. The highest BCUT2D eigenvalue weighted by Gasteiger charge is 2.31. The van der Waals surface area contributed by atoms with Crippen LogP contribution in [0.3, 0.4) is 0 Å². The van der Waals surface area contributed by atoms with E-state index in [9.17, 15) is 33.9 Å². The number of primary amides is 1. The third-order valence-electron chi connectivity index (χ3n) is 4.94. The first-order chi connectivity index (χ1) is 17.1. The molecule has 0 saturated carbocycles. The number of nitrogens with zero attached hydrogens (tertiary/aromatic N) is 1. The lowest BCUT2D eigenvalue weighted by molar-refractivity contribution is -0.143. The van der Waals surface area contributed by atoms with Gasteiger partial charge in [0.2, 0.25) is 23.6 Å². The van der Waals surface area contributed by atoms with Crippen molar-refractivity contribution in [1.82, 2.24) is 16.0 Å². The predicted octanol–water partition coefficient (Wildman–Crippen LogP) is -3.31. The van der Waals surface area contributed by atoms with Crippen LogP contribution in [-0.4, -0.2) is 82.5 Å². The van der Waals surface area contributed by atoms with Crippen molar-refractivity contribution in [2.45, 2.75) is 76.5 Å². The van der Waals surface area contributed by atoms with Crippen molar-refractivity contribution in [3.8, 4) is 0 Å². The fourth-order valence-electron chi connectivity index (χ4n) is 3.15. The molecule has 4 amide bonds. The number of hydrogen-bond donors (Lipinski definition) is 9. The van der Waals surface area contributed by atoms with Crippen LogP contribution in [0.1, 0.15) is 52.4 Å². The van der Waals surface area contributed by atoms with E-state index in [0.29, 0.717) is 6.42 Å². The summed E-state index contributed by atoms with van der Waals surface area (Å²) in [4.78, 5) is 75.9. The first-order valence-electron chi connectivity index (χ1n) is 11.6. The summed E-state index contributed by atoms with van der Waals surface area (Å²) >= 11 is 0. The Hall–Kier alpha value is -3.95. The second-order valence-electron chi connectivity index (χ2n) is 8.81. The molecule has 4 unspecified atom stereocenters. The zero-order valence-electron chi connectivity index (χ0n) is 20.9. The van der Waals surface area contributed by atoms with E-state index in [2.05, 4.69) is 20.9 Å². The highest BCUT2D eigenvalue weighted by atomic mass is 16.4. The van der Waals surface area contributed by atoms with Crippen LogP contribution >= 0.6 is 0 Å². The molecule has 0 aromatic carbocycles. The molecule has 210 valence electrons. The number of carbonyl (C=O) groups excluding carboxylic acids is 4. The van der Waals surface area contributed by atoms with Crippen molar-refractivity contribution in [2.75, 3.05) is 6.54 Å². The summed E-state index contributed by atoms with van der Waals surface area (Å²) in [7, 11) is 0. The van der Waals surface area contributed by atoms with Gasteiger partial charge < -0.3 is 49.1 Å². The standard InChI is InChI=1S/C21H38N8O8/c1-10(2)8-11(22)17(33)29-14(9-15(23)30)19(35)27-12(5-6-16(31)32)18(34)28-13(20(36)37)4-3-7-26-21(24)25/h10-14H,3-9,22H2,1-2H3,(H2,23,30)(H,27,35)(H,28,34)(H,29,33)(H,31,32)(H,36,37)(H4,24,25,26). The fraction of sp³-hybridized carbons (Fsp3) is 0.667. The number of amides is 4. The average Bonchev–Trinajstić information content (AvgIpc) is 2.76. The van der Waals surface area contributed by atoms with Crippen LogP contribution in [0.4, 0.5) is 0 Å². The van der Waals surface area contributed by atoms with E-state index in [1.165, 1.54) is 0 Å². The zero-order chi connectivity index (χ0) is 28.7. The molecule has 0 radical (unpaired) electrons. The lowest BCUT2D eigenvalue weighted by atomic mass is 10.0. The van der Waals surface area contributed by atoms with Gasteiger partial charge in [0.15, 0.2) is 5.96 Å². The molecule has 0 fully saturated rings. The largest absolute Gasteiger partial charge is 0.481 e. The van der Waals surface area contributed by atoms with Gasteiger partial charge in [-0.25, -0.2) is 4.79 Å². The van der Waals surface area contributed by atoms with Crippen LogP contribution in [0.2, 0.25) is 0 Å². The summed E-state index contributed by atoms with van der Waals surface area (Å²) in [6.45, 7) is 3.77. The molecule has 0 aromatic rings. The maximum Gasteiger partial charge on any atom is 0.326 e. The van der Waals surface area contributed by atoms with Crippen LogP contribution in [0.5, 0.6) is 0 Å². The van der Waals surface area contributed by atoms with Gasteiger partial charge in [0, 0.05) is 13.0 Å². The van der Waals surface area contributed by atoms with Gasteiger partial charge in [-0.1, -0.05) is 13.8 Å². The van der Waals surface area contributed by atoms with Gasteiger partial charge in [-0.2, -0.15) is 0 Å².